The van der Waals surface area contributed by atoms with E-state index < -0.39 is 23.8 Å². The van der Waals surface area contributed by atoms with Gasteiger partial charge in [0.1, 0.15) is 28.4 Å². The van der Waals surface area contributed by atoms with Gasteiger partial charge in [-0.2, -0.15) is 13.2 Å². The molecule has 0 unspecified atom stereocenters. The van der Waals surface area contributed by atoms with E-state index in [2.05, 4.69) is 20.3 Å². The number of anilines is 1. The first-order chi connectivity index (χ1) is 16.6. The standard InChI is InChI=1S/C23H20F3N5O4/c1-11(27)20-19(21(32)29-14-10-28-9-8-15(14)33-2)31-22(35-20)13-4-6-16(34-3)18-12(13)5-7-17(30-18)23(24,25)26/h4-11H,27H2,1-3H3,(H,29,32)/t11-/m0/s1. The summed E-state index contributed by atoms with van der Waals surface area (Å²) in [6, 6.07) is 5.95. The SMILES string of the molecule is COc1ccncc1NC(=O)c1nc(-c2ccc(OC)c3nc(C(F)(F)F)ccc23)oc1[C@H](C)N. The molecule has 4 rings (SSSR count). The van der Waals surface area contributed by atoms with Crippen LogP contribution in [0.3, 0.4) is 0 Å². The van der Waals surface area contributed by atoms with Gasteiger partial charge in [0.15, 0.2) is 11.5 Å². The molecule has 0 saturated carbocycles. The second kappa shape index (κ2) is 9.22. The Hall–Kier alpha value is -4.19. The van der Waals surface area contributed by atoms with Crippen LogP contribution in [0.1, 0.15) is 34.9 Å². The molecule has 0 spiro atoms. The zero-order valence-corrected chi connectivity index (χ0v) is 18.8. The fourth-order valence-corrected chi connectivity index (χ4v) is 3.45. The molecule has 35 heavy (non-hydrogen) atoms. The van der Waals surface area contributed by atoms with Crippen LogP contribution in [-0.4, -0.2) is 35.1 Å². The number of halogens is 3. The van der Waals surface area contributed by atoms with Gasteiger partial charge in [0, 0.05) is 23.2 Å². The minimum Gasteiger partial charge on any atom is -0.494 e. The van der Waals surface area contributed by atoms with Gasteiger partial charge in [0.2, 0.25) is 5.89 Å². The Morgan fingerprint density at radius 1 is 1.09 bits per heavy atom. The third-order valence-corrected chi connectivity index (χ3v) is 5.09. The number of rotatable bonds is 6. The molecule has 9 nitrogen and oxygen atoms in total. The van der Waals surface area contributed by atoms with Crippen LogP contribution in [0.5, 0.6) is 11.5 Å². The molecule has 4 aromatic rings. The molecule has 0 aliphatic heterocycles. The number of alkyl halides is 3. The third-order valence-electron chi connectivity index (χ3n) is 5.09. The molecular weight excluding hydrogens is 467 g/mol. The summed E-state index contributed by atoms with van der Waals surface area (Å²) in [4.78, 5) is 25.1. The molecule has 0 bridgehead atoms. The maximum atomic E-state index is 13.2. The summed E-state index contributed by atoms with van der Waals surface area (Å²) in [7, 11) is 2.77. The van der Waals surface area contributed by atoms with E-state index in [4.69, 9.17) is 19.6 Å². The average Bonchev–Trinajstić information content (AvgIpc) is 3.28. The summed E-state index contributed by atoms with van der Waals surface area (Å²) in [5.41, 5.74) is 5.42. The highest BCUT2D eigenvalue weighted by molar-refractivity contribution is 6.05. The highest BCUT2D eigenvalue weighted by Gasteiger charge is 2.33. The highest BCUT2D eigenvalue weighted by Crippen LogP contribution is 2.37. The van der Waals surface area contributed by atoms with Gasteiger partial charge >= 0.3 is 6.18 Å². The van der Waals surface area contributed by atoms with Crippen LogP contribution in [-0.2, 0) is 6.18 Å². The Morgan fingerprint density at radius 3 is 2.49 bits per heavy atom. The van der Waals surface area contributed by atoms with Crippen LogP contribution < -0.4 is 20.5 Å². The Labute approximate surface area is 197 Å². The number of hydrogen-bond donors (Lipinski definition) is 2. The van der Waals surface area contributed by atoms with Crippen LogP contribution in [0.4, 0.5) is 18.9 Å². The van der Waals surface area contributed by atoms with E-state index in [9.17, 15) is 18.0 Å². The number of oxazole rings is 1. The Balaban J connectivity index is 1.82. The molecule has 0 aliphatic carbocycles. The predicted molar refractivity (Wildman–Crippen MR) is 120 cm³/mol. The van der Waals surface area contributed by atoms with Gasteiger partial charge < -0.3 is 24.9 Å². The van der Waals surface area contributed by atoms with Crippen molar-refractivity contribution < 1.29 is 31.9 Å². The van der Waals surface area contributed by atoms with Crippen LogP contribution in [0.25, 0.3) is 22.4 Å². The second-order valence-electron chi connectivity index (χ2n) is 7.46. The number of ether oxygens (including phenoxy) is 2. The maximum Gasteiger partial charge on any atom is 0.433 e. The summed E-state index contributed by atoms with van der Waals surface area (Å²) >= 11 is 0. The van der Waals surface area contributed by atoms with Crippen molar-refractivity contribution >= 4 is 22.5 Å². The Bertz CT molecular complexity index is 1400. The van der Waals surface area contributed by atoms with Crippen LogP contribution in [0.15, 0.2) is 47.1 Å². The van der Waals surface area contributed by atoms with Gasteiger partial charge in [0.25, 0.3) is 5.91 Å². The zero-order chi connectivity index (χ0) is 25.3. The molecule has 0 fully saturated rings. The molecule has 1 aromatic carbocycles. The van der Waals surface area contributed by atoms with E-state index >= 15 is 0 Å². The topological polar surface area (TPSA) is 125 Å². The van der Waals surface area contributed by atoms with E-state index in [0.717, 1.165) is 6.07 Å². The van der Waals surface area contributed by atoms with Crippen molar-refractivity contribution in [3.63, 3.8) is 0 Å². The Morgan fingerprint density at radius 2 is 1.83 bits per heavy atom. The summed E-state index contributed by atoms with van der Waals surface area (Å²) in [6.07, 6.45) is -1.73. The molecule has 182 valence electrons. The summed E-state index contributed by atoms with van der Waals surface area (Å²) in [5, 5.41) is 2.94. The first kappa shape index (κ1) is 24.0. The summed E-state index contributed by atoms with van der Waals surface area (Å²) in [5.74, 6) is -0.0459. The van der Waals surface area contributed by atoms with Crippen LogP contribution >= 0.6 is 0 Å². The number of carbonyl (C=O) groups is 1. The first-order valence-corrected chi connectivity index (χ1v) is 10.2. The zero-order valence-electron chi connectivity index (χ0n) is 18.8. The van der Waals surface area contributed by atoms with E-state index in [1.54, 1.807) is 19.1 Å². The normalized spacial score (nSPS) is 12.4. The van der Waals surface area contributed by atoms with E-state index in [1.165, 1.54) is 38.7 Å². The van der Waals surface area contributed by atoms with Gasteiger partial charge in [-0.15, -0.1) is 0 Å². The molecule has 3 aromatic heterocycles. The number of nitrogens with one attached hydrogen (secondary N) is 1. The fourth-order valence-electron chi connectivity index (χ4n) is 3.45. The average molecular weight is 487 g/mol. The summed E-state index contributed by atoms with van der Waals surface area (Å²) in [6.45, 7) is 1.61. The van der Waals surface area contributed by atoms with E-state index in [0.29, 0.717) is 17.0 Å². The van der Waals surface area contributed by atoms with Crippen LogP contribution in [0, 0.1) is 0 Å². The predicted octanol–water partition coefficient (Wildman–Crippen LogP) is 4.59. The third kappa shape index (κ3) is 4.60. The number of nitrogens with two attached hydrogens (primary N) is 1. The van der Waals surface area contributed by atoms with Crippen molar-refractivity contribution in [2.45, 2.75) is 19.1 Å². The van der Waals surface area contributed by atoms with Gasteiger partial charge in [-0.25, -0.2) is 9.97 Å². The van der Waals surface area contributed by atoms with Crippen molar-refractivity contribution in [1.82, 2.24) is 15.0 Å². The molecule has 3 heterocycles. The number of benzene rings is 1. The number of aromatic nitrogens is 3. The van der Waals surface area contributed by atoms with Crippen molar-refractivity contribution in [2.24, 2.45) is 5.73 Å². The van der Waals surface area contributed by atoms with Gasteiger partial charge in [-0.3, -0.25) is 9.78 Å². The van der Waals surface area contributed by atoms with Crippen molar-refractivity contribution in [1.29, 1.82) is 0 Å². The minimum absolute atomic E-state index is 0.0187. The number of fused-ring (bicyclic) bond motifs is 1. The highest BCUT2D eigenvalue weighted by atomic mass is 19.4. The molecular formula is C23H20F3N5O4. The quantitative estimate of drug-likeness (QED) is 0.405. The number of methoxy groups -OCH3 is 2. The smallest absolute Gasteiger partial charge is 0.433 e. The lowest BCUT2D eigenvalue weighted by molar-refractivity contribution is -0.140. The van der Waals surface area contributed by atoms with Crippen molar-refractivity contribution in [2.75, 3.05) is 19.5 Å². The van der Waals surface area contributed by atoms with Crippen molar-refractivity contribution in [3.8, 4) is 23.0 Å². The Kier molecular flexibility index (Phi) is 6.31. The first-order valence-electron chi connectivity index (χ1n) is 10.2. The lowest BCUT2D eigenvalue weighted by Crippen LogP contribution is -2.17. The largest absolute Gasteiger partial charge is 0.494 e. The lowest BCUT2D eigenvalue weighted by atomic mass is 10.1. The molecule has 0 saturated heterocycles. The van der Waals surface area contributed by atoms with Gasteiger partial charge in [-0.1, -0.05) is 0 Å². The molecule has 0 aliphatic rings. The molecule has 0 radical (unpaired) electrons. The molecule has 12 heteroatoms. The van der Waals surface area contributed by atoms with E-state index in [-0.39, 0.29) is 34.0 Å². The van der Waals surface area contributed by atoms with Crippen LogP contribution in [0.2, 0.25) is 0 Å². The summed E-state index contributed by atoms with van der Waals surface area (Å²) < 4.78 is 55.9. The fraction of sp³-hybridized carbons (Fsp3) is 0.217. The number of pyridine rings is 2. The molecule has 1 atom stereocenters. The minimum atomic E-state index is -4.64. The molecule has 1 amide bonds. The second-order valence-corrected chi connectivity index (χ2v) is 7.46. The molecule has 3 N–H and O–H groups in total. The monoisotopic (exact) mass is 487 g/mol. The number of amides is 1. The number of hydrogen-bond acceptors (Lipinski definition) is 8. The lowest BCUT2D eigenvalue weighted by Gasteiger charge is -2.11. The van der Waals surface area contributed by atoms with Gasteiger partial charge in [-0.05, 0) is 31.2 Å². The van der Waals surface area contributed by atoms with Gasteiger partial charge in [0.05, 0.1) is 26.5 Å². The van der Waals surface area contributed by atoms with E-state index in [1.807, 2.05) is 0 Å². The number of nitrogens with zero attached hydrogens (tertiary/aromatic N) is 3. The number of carbonyl (C=O) groups excluding carboxylic acids is 1. The maximum absolute atomic E-state index is 13.2. The van der Waals surface area contributed by atoms with Crippen molar-refractivity contribution in [3.05, 3.63) is 59.9 Å².